The fraction of sp³-hybridized carbons (Fsp3) is 0.111. The van der Waals surface area contributed by atoms with Gasteiger partial charge < -0.3 is 10.1 Å². The number of nitrogens with one attached hydrogen (secondary N) is 1. The predicted octanol–water partition coefficient (Wildman–Crippen LogP) is 4.90. The van der Waals surface area contributed by atoms with Crippen molar-refractivity contribution in [2.45, 2.75) is 6.92 Å². The van der Waals surface area contributed by atoms with Gasteiger partial charge in [0.1, 0.15) is 4.88 Å². The van der Waals surface area contributed by atoms with Gasteiger partial charge in [-0.15, -0.1) is 11.3 Å². The van der Waals surface area contributed by atoms with Crippen LogP contribution in [-0.2, 0) is 4.74 Å². The maximum absolute atomic E-state index is 12.3. The molecule has 0 spiro atoms. The third kappa shape index (κ3) is 3.13. The molecule has 0 saturated heterocycles. The van der Waals surface area contributed by atoms with Gasteiger partial charge >= 0.3 is 5.97 Å². The van der Waals surface area contributed by atoms with Crippen molar-refractivity contribution in [3.05, 3.63) is 63.5 Å². The standard InChI is InChI=1S/C18H14ClNO3S/c1-10-4-3-5-11(8-10)17(21)20-12-6-7-13-14(9-12)24-16(15(13)19)18(22)23-2/h3-9H,1-2H3,(H,20,21). The maximum atomic E-state index is 12.3. The first kappa shape index (κ1) is 16.5. The largest absolute Gasteiger partial charge is 0.465 e. The van der Waals surface area contributed by atoms with Gasteiger partial charge in [-0.1, -0.05) is 29.3 Å². The molecule has 0 radical (unpaired) electrons. The topological polar surface area (TPSA) is 55.4 Å². The highest BCUT2D eigenvalue weighted by Crippen LogP contribution is 2.37. The zero-order valence-corrected chi connectivity index (χ0v) is 14.6. The van der Waals surface area contributed by atoms with Crippen molar-refractivity contribution in [2.75, 3.05) is 12.4 Å². The molecule has 2 aromatic carbocycles. The first-order chi connectivity index (χ1) is 11.5. The van der Waals surface area contributed by atoms with E-state index < -0.39 is 5.97 Å². The molecule has 0 aliphatic carbocycles. The van der Waals surface area contributed by atoms with Crippen LogP contribution in [0.1, 0.15) is 25.6 Å². The minimum atomic E-state index is -0.466. The molecule has 6 heteroatoms. The van der Waals surface area contributed by atoms with E-state index in [1.165, 1.54) is 18.4 Å². The summed E-state index contributed by atoms with van der Waals surface area (Å²) in [6, 6.07) is 12.7. The number of hydrogen-bond acceptors (Lipinski definition) is 4. The summed E-state index contributed by atoms with van der Waals surface area (Å²) >= 11 is 7.46. The number of rotatable bonds is 3. The Hall–Kier alpha value is -2.37. The van der Waals surface area contributed by atoms with Crippen molar-refractivity contribution in [3.63, 3.8) is 0 Å². The zero-order chi connectivity index (χ0) is 17.3. The third-order valence-corrected chi connectivity index (χ3v) is 5.18. The molecule has 0 unspecified atom stereocenters. The zero-order valence-electron chi connectivity index (χ0n) is 13.1. The SMILES string of the molecule is COC(=O)c1sc2cc(NC(=O)c3cccc(C)c3)ccc2c1Cl. The second-order valence-corrected chi connectivity index (χ2v) is 6.70. The van der Waals surface area contributed by atoms with Crippen LogP contribution < -0.4 is 5.32 Å². The number of amides is 1. The number of aryl methyl sites for hydroxylation is 1. The van der Waals surface area contributed by atoms with Gasteiger partial charge in [0.25, 0.3) is 5.91 Å². The Labute approximate surface area is 148 Å². The minimum absolute atomic E-state index is 0.186. The quantitative estimate of drug-likeness (QED) is 0.676. The number of halogens is 1. The van der Waals surface area contributed by atoms with E-state index in [1.54, 1.807) is 24.3 Å². The van der Waals surface area contributed by atoms with E-state index in [0.29, 0.717) is 21.2 Å². The summed E-state index contributed by atoms with van der Waals surface area (Å²) in [5, 5.41) is 3.99. The number of ether oxygens (including phenoxy) is 1. The van der Waals surface area contributed by atoms with Gasteiger partial charge in [-0.25, -0.2) is 4.79 Å². The number of carbonyl (C=O) groups is 2. The highest BCUT2D eigenvalue weighted by molar-refractivity contribution is 7.21. The van der Waals surface area contributed by atoms with E-state index >= 15 is 0 Å². The van der Waals surface area contributed by atoms with Crippen molar-refractivity contribution < 1.29 is 14.3 Å². The van der Waals surface area contributed by atoms with Gasteiger partial charge in [0, 0.05) is 21.3 Å². The number of thiophene rings is 1. The van der Waals surface area contributed by atoms with E-state index in [1.807, 2.05) is 25.1 Å². The Kier molecular flexibility index (Phi) is 4.55. The van der Waals surface area contributed by atoms with Crippen LogP contribution >= 0.6 is 22.9 Å². The van der Waals surface area contributed by atoms with Crippen LogP contribution in [0.25, 0.3) is 10.1 Å². The number of benzene rings is 2. The molecule has 0 atom stereocenters. The molecule has 3 aromatic rings. The average Bonchev–Trinajstić information content (AvgIpc) is 2.90. The fourth-order valence-electron chi connectivity index (χ4n) is 2.36. The van der Waals surface area contributed by atoms with E-state index in [-0.39, 0.29) is 5.91 Å². The highest BCUT2D eigenvalue weighted by Gasteiger charge is 2.18. The van der Waals surface area contributed by atoms with Crippen molar-refractivity contribution >= 4 is 50.6 Å². The van der Waals surface area contributed by atoms with E-state index in [4.69, 9.17) is 16.3 Å². The van der Waals surface area contributed by atoms with Gasteiger partial charge in [-0.05, 0) is 37.3 Å². The van der Waals surface area contributed by atoms with Crippen LogP contribution in [0.5, 0.6) is 0 Å². The van der Waals surface area contributed by atoms with Gasteiger partial charge in [0.2, 0.25) is 0 Å². The van der Waals surface area contributed by atoms with E-state index in [0.717, 1.165) is 15.6 Å². The molecule has 3 rings (SSSR count). The molecule has 122 valence electrons. The molecule has 1 N–H and O–H groups in total. The monoisotopic (exact) mass is 359 g/mol. The highest BCUT2D eigenvalue weighted by atomic mass is 35.5. The molecule has 24 heavy (non-hydrogen) atoms. The van der Waals surface area contributed by atoms with Crippen molar-refractivity contribution in [2.24, 2.45) is 0 Å². The van der Waals surface area contributed by atoms with Gasteiger partial charge in [-0.2, -0.15) is 0 Å². The first-order valence-electron chi connectivity index (χ1n) is 7.18. The normalized spacial score (nSPS) is 10.6. The molecular weight excluding hydrogens is 346 g/mol. The van der Waals surface area contributed by atoms with Gasteiger partial charge in [0.15, 0.2) is 0 Å². The number of anilines is 1. The third-order valence-electron chi connectivity index (χ3n) is 3.54. The molecular formula is C18H14ClNO3S. The summed E-state index contributed by atoms with van der Waals surface area (Å²) in [5.41, 5.74) is 2.25. The second-order valence-electron chi connectivity index (χ2n) is 5.27. The summed E-state index contributed by atoms with van der Waals surface area (Å²) in [7, 11) is 1.32. The molecule has 1 aromatic heterocycles. The lowest BCUT2D eigenvalue weighted by Gasteiger charge is -2.06. The maximum Gasteiger partial charge on any atom is 0.349 e. The van der Waals surface area contributed by atoms with E-state index in [2.05, 4.69) is 5.32 Å². The Bertz CT molecular complexity index is 949. The Morgan fingerprint density at radius 3 is 2.67 bits per heavy atom. The first-order valence-corrected chi connectivity index (χ1v) is 8.37. The predicted molar refractivity (Wildman–Crippen MR) is 97.3 cm³/mol. The molecule has 4 nitrogen and oxygen atoms in total. The fourth-order valence-corrected chi connectivity index (χ4v) is 3.82. The summed E-state index contributed by atoms with van der Waals surface area (Å²) < 4.78 is 5.54. The number of fused-ring (bicyclic) bond motifs is 1. The van der Waals surface area contributed by atoms with Crippen LogP contribution in [-0.4, -0.2) is 19.0 Å². The lowest BCUT2D eigenvalue weighted by molar-refractivity contribution is 0.0606. The van der Waals surface area contributed by atoms with Crippen LogP contribution in [0.3, 0.4) is 0 Å². The Balaban J connectivity index is 1.91. The van der Waals surface area contributed by atoms with Crippen LogP contribution in [0.15, 0.2) is 42.5 Å². The summed E-state index contributed by atoms with van der Waals surface area (Å²) in [6.45, 7) is 1.94. The molecule has 0 aliphatic rings. The summed E-state index contributed by atoms with van der Waals surface area (Å²) in [4.78, 5) is 24.4. The van der Waals surface area contributed by atoms with Crippen LogP contribution in [0, 0.1) is 6.92 Å². The lowest BCUT2D eigenvalue weighted by atomic mass is 10.1. The summed E-state index contributed by atoms with van der Waals surface area (Å²) in [6.07, 6.45) is 0. The Morgan fingerprint density at radius 2 is 1.96 bits per heavy atom. The number of hydrogen-bond donors (Lipinski definition) is 1. The molecule has 0 bridgehead atoms. The van der Waals surface area contributed by atoms with Gasteiger partial charge in [0.05, 0.1) is 12.1 Å². The van der Waals surface area contributed by atoms with Crippen LogP contribution in [0.2, 0.25) is 5.02 Å². The minimum Gasteiger partial charge on any atom is -0.465 e. The molecule has 0 saturated carbocycles. The van der Waals surface area contributed by atoms with Gasteiger partial charge in [-0.3, -0.25) is 4.79 Å². The molecule has 1 heterocycles. The number of carbonyl (C=O) groups excluding carboxylic acids is 2. The number of methoxy groups -OCH3 is 1. The summed E-state index contributed by atoms with van der Waals surface area (Å²) in [5.74, 6) is -0.652. The van der Waals surface area contributed by atoms with Crippen molar-refractivity contribution in [3.8, 4) is 0 Å². The van der Waals surface area contributed by atoms with Crippen molar-refractivity contribution in [1.29, 1.82) is 0 Å². The Morgan fingerprint density at radius 1 is 1.17 bits per heavy atom. The average molecular weight is 360 g/mol. The van der Waals surface area contributed by atoms with Crippen LogP contribution in [0.4, 0.5) is 5.69 Å². The number of esters is 1. The van der Waals surface area contributed by atoms with E-state index in [9.17, 15) is 9.59 Å². The smallest absolute Gasteiger partial charge is 0.349 e. The lowest BCUT2D eigenvalue weighted by Crippen LogP contribution is -2.11. The molecule has 0 fully saturated rings. The second kappa shape index (κ2) is 6.63. The molecule has 1 amide bonds. The molecule has 0 aliphatic heterocycles. The van der Waals surface area contributed by atoms with Crippen molar-refractivity contribution in [1.82, 2.24) is 0 Å².